The largest absolute Gasteiger partial charge is 0.481 e. The van der Waals surface area contributed by atoms with Gasteiger partial charge in [0.15, 0.2) is 5.78 Å². The van der Waals surface area contributed by atoms with Crippen LogP contribution in [0.3, 0.4) is 0 Å². The van der Waals surface area contributed by atoms with Crippen LogP contribution in [0.4, 0.5) is 26.2 Å². The number of anilines is 3. The molecule has 0 spiro atoms. The van der Waals surface area contributed by atoms with Crippen LogP contribution in [0.15, 0.2) is 133 Å². The molecular formula is C48H47BiFN4O7. The van der Waals surface area contributed by atoms with Crippen molar-refractivity contribution < 1.29 is 38.9 Å². The summed E-state index contributed by atoms with van der Waals surface area (Å²) in [6, 6.07) is 38.5. The van der Waals surface area contributed by atoms with Gasteiger partial charge in [-0.2, -0.15) is 0 Å². The number of halogens is 1. The van der Waals surface area contributed by atoms with Crippen molar-refractivity contribution in [2.24, 2.45) is 5.73 Å². The Kier molecular flexibility index (Phi) is 15.9. The maximum atomic E-state index is 14.0. The minimum Gasteiger partial charge on any atom is -0.481 e. The number of carboxylic acid groups (broad SMARTS) is 1. The van der Waals surface area contributed by atoms with Crippen molar-refractivity contribution in [3.63, 3.8) is 0 Å². The number of aliphatic hydroxyl groups is 2. The van der Waals surface area contributed by atoms with E-state index in [2.05, 4.69) is 5.32 Å². The number of carbonyl (C=O) groups is 4. The van der Waals surface area contributed by atoms with Crippen molar-refractivity contribution in [1.29, 1.82) is 0 Å². The molecular weight excluding hydrogens is 973 g/mol. The van der Waals surface area contributed by atoms with Crippen LogP contribution in [0, 0.1) is 5.82 Å². The second kappa shape index (κ2) is 21.0. The summed E-state index contributed by atoms with van der Waals surface area (Å²) in [5.41, 5.74) is 12.8. The molecule has 13 heteroatoms. The first-order chi connectivity index (χ1) is 28.8. The van der Waals surface area contributed by atoms with Crippen molar-refractivity contribution >= 4 is 67.0 Å². The number of amides is 3. The molecule has 6 aromatic rings. The van der Waals surface area contributed by atoms with Crippen LogP contribution in [0.2, 0.25) is 0 Å². The number of urea groups is 1. The zero-order valence-electron chi connectivity index (χ0n) is 33.7. The Morgan fingerprint density at radius 3 is 1.98 bits per heavy atom. The maximum absolute atomic E-state index is 14.0. The molecule has 3 radical (unpaired) electrons. The molecule has 61 heavy (non-hydrogen) atoms. The number of rotatable bonds is 12. The van der Waals surface area contributed by atoms with Crippen molar-refractivity contribution in [3.05, 3.63) is 162 Å². The van der Waals surface area contributed by atoms with Crippen LogP contribution in [0.1, 0.15) is 71.0 Å². The van der Waals surface area contributed by atoms with Gasteiger partial charge in [0, 0.05) is 61.7 Å². The molecule has 11 nitrogen and oxygen atoms in total. The third-order valence-corrected chi connectivity index (χ3v) is 10.2. The first-order valence-electron chi connectivity index (χ1n) is 19.7. The number of hydrogen-bond acceptors (Lipinski definition) is 6. The summed E-state index contributed by atoms with van der Waals surface area (Å²) in [5, 5.41) is 32.8. The fourth-order valence-electron chi connectivity index (χ4n) is 7.62. The fraction of sp³-hybridized carbons (Fsp3) is 0.208. The van der Waals surface area contributed by atoms with Gasteiger partial charge >= 0.3 is 12.0 Å². The maximum Gasteiger partial charge on any atom is 0.323 e. The zero-order chi connectivity index (χ0) is 42.9. The number of Topliss-reactive ketones (excluding diaryl/α,β-unsaturated/α-hetero) is 1. The summed E-state index contributed by atoms with van der Waals surface area (Å²) in [6.45, 7) is 4.25. The van der Waals surface area contributed by atoms with E-state index in [0.29, 0.717) is 45.0 Å². The summed E-state index contributed by atoms with van der Waals surface area (Å²) in [4.78, 5) is 50.5. The summed E-state index contributed by atoms with van der Waals surface area (Å²) in [6.07, 6.45) is -2.23. The van der Waals surface area contributed by atoms with Gasteiger partial charge in [-0.05, 0) is 90.0 Å². The molecule has 0 bridgehead atoms. The number of benzene rings is 5. The van der Waals surface area contributed by atoms with Gasteiger partial charge in [0.05, 0.1) is 41.3 Å². The van der Waals surface area contributed by atoms with Crippen LogP contribution >= 0.6 is 0 Å². The van der Waals surface area contributed by atoms with E-state index in [1.807, 2.05) is 97.3 Å². The number of hydrogen-bond donors (Lipinski definition) is 5. The molecule has 7 rings (SSSR count). The Hall–Kier alpha value is -6.01. The molecule has 1 aromatic heterocycles. The summed E-state index contributed by atoms with van der Waals surface area (Å²) >= 11 is 0. The van der Waals surface area contributed by atoms with Gasteiger partial charge in [-0.3, -0.25) is 19.3 Å². The molecule has 5 aromatic carbocycles. The van der Waals surface area contributed by atoms with Crippen LogP contribution in [0.25, 0.3) is 22.4 Å². The number of fused-ring (bicyclic) bond motifs is 2. The molecule has 0 fully saturated rings. The molecule has 0 saturated carbocycles. The number of carbonyl (C=O) groups excluding carboxylic acids is 3. The van der Waals surface area contributed by atoms with Crippen molar-refractivity contribution in [3.8, 4) is 22.4 Å². The summed E-state index contributed by atoms with van der Waals surface area (Å²) in [5.74, 6) is -1.94. The fourth-order valence-corrected chi connectivity index (χ4v) is 7.62. The predicted octanol–water partition coefficient (Wildman–Crippen LogP) is 8.58. The Labute approximate surface area is 372 Å². The number of nitrogens with zero attached hydrogens (tertiary/aromatic N) is 2. The van der Waals surface area contributed by atoms with Gasteiger partial charge in [0.25, 0.3) is 5.91 Å². The van der Waals surface area contributed by atoms with Crippen molar-refractivity contribution in [1.82, 2.24) is 4.57 Å². The van der Waals surface area contributed by atoms with Gasteiger partial charge < -0.3 is 30.9 Å². The van der Waals surface area contributed by atoms with Gasteiger partial charge in [-0.15, -0.1) is 0 Å². The molecule has 1 aliphatic rings. The van der Waals surface area contributed by atoms with Crippen molar-refractivity contribution in [2.45, 2.75) is 64.2 Å². The quantitative estimate of drug-likeness (QED) is 0.0764. The van der Waals surface area contributed by atoms with E-state index in [9.17, 15) is 33.8 Å². The average Bonchev–Trinajstić information content (AvgIpc) is 3.51. The van der Waals surface area contributed by atoms with E-state index in [1.54, 1.807) is 42.5 Å². The number of primary amides is 1. The number of aromatic nitrogens is 1. The number of para-hydroxylation sites is 3. The van der Waals surface area contributed by atoms with Crippen LogP contribution < -0.4 is 16.0 Å². The Bertz CT molecular complexity index is 2480. The molecule has 0 aliphatic carbocycles. The number of nitrogens with one attached hydrogen (secondary N) is 1. The monoisotopic (exact) mass is 1020 g/mol. The van der Waals surface area contributed by atoms with Gasteiger partial charge in [0.2, 0.25) is 0 Å². The number of nitrogens with two attached hydrogens (primary N) is 1. The summed E-state index contributed by atoms with van der Waals surface area (Å²) in [7, 11) is 0. The second-order valence-electron chi connectivity index (χ2n) is 14.8. The molecule has 2 heterocycles. The third-order valence-electron chi connectivity index (χ3n) is 10.2. The first-order valence-corrected chi connectivity index (χ1v) is 19.7. The van der Waals surface area contributed by atoms with Crippen LogP contribution in [-0.2, 0) is 17.8 Å². The third kappa shape index (κ3) is 11.0. The van der Waals surface area contributed by atoms with Gasteiger partial charge in [-0.25, -0.2) is 9.18 Å². The molecule has 6 N–H and O–H groups in total. The zero-order valence-corrected chi connectivity index (χ0v) is 37.2. The minimum absolute atomic E-state index is 0. The number of carboxylic acids is 1. The molecule has 3 amide bonds. The number of aliphatic hydroxyl groups excluding tert-OH is 2. The Balaban J connectivity index is 0.000000292. The summed E-state index contributed by atoms with van der Waals surface area (Å²) < 4.78 is 16.0. The Morgan fingerprint density at radius 2 is 1.36 bits per heavy atom. The minimum atomic E-state index is -1.18. The van der Waals surface area contributed by atoms with E-state index in [4.69, 9.17) is 10.8 Å². The topological polar surface area (TPSA) is 175 Å². The molecule has 313 valence electrons. The van der Waals surface area contributed by atoms with E-state index in [1.165, 1.54) is 17.0 Å². The van der Waals surface area contributed by atoms with E-state index in [-0.39, 0.29) is 75.4 Å². The van der Waals surface area contributed by atoms with E-state index >= 15 is 0 Å². The van der Waals surface area contributed by atoms with Crippen molar-refractivity contribution in [2.75, 3.05) is 10.2 Å². The molecule has 0 saturated heterocycles. The van der Waals surface area contributed by atoms with Gasteiger partial charge in [0.1, 0.15) is 5.82 Å². The Morgan fingerprint density at radius 1 is 0.770 bits per heavy atom. The normalized spacial score (nSPS) is 12.8. The standard InChI is InChI=1S/C33H35FN2O5.C15H12N2O2.Bi/c1-21(2)31-30(33(41)35-25-11-7-4-8-12-25)29(22-9-5-3-6-10-22)32(23-13-15-24(34)16-14-23)36(31)18-17-26(37)19-27(38)20-28(39)40;16-15(19)17-12-7-3-1-5-10(12)9-14(18)11-6-2-4-8-13(11)17;/h3-16,21,26-27,37-38H,17-20H2,1-2H3,(H,35,41)(H,39,40);1-8H,9H2,(H2,16,19);/t26-,27-;;/m1../s1. The van der Waals surface area contributed by atoms with Gasteiger partial charge in [-0.1, -0.05) is 92.7 Å². The smallest absolute Gasteiger partial charge is 0.323 e. The predicted molar refractivity (Wildman–Crippen MR) is 236 cm³/mol. The molecule has 0 unspecified atom stereocenters. The van der Waals surface area contributed by atoms with E-state index in [0.717, 1.165) is 16.8 Å². The average molecular weight is 1020 g/mol. The number of aliphatic carboxylic acids is 1. The van der Waals surface area contributed by atoms with Crippen LogP contribution in [-0.4, -0.2) is 82.0 Å². The first kappa shape index (κ1) is 46.1. The number of ketones is 1. The van der Waals surface area contributed by atoms with E-state index < -0.39 is 30.6 Å². The second-order valence-corrected chi connectivity index (χ2v) is 14.8. The SMILES string of the molecule is CC(C)c1c(C(=O)Nc2ccccc2)c(-c2ccccc2)c(-c2ccc(F)cc2)n1CC[C@@H](O)C[C@@H](O)CC(=O)O.NC(=O)N1c2ccccc2CC(=O)c2ccccc21.[Bi]. The molecule has 1 aliphatic heterocycles. The van der Waals surface area contributed by atoms with Crippen LogP contribution in [0.5, 0.6) is 0 Å². The molecule has 2 atom stereocenters.